The van der Waals surface area contributed by atoms with Gasteiger partial charge in [-0.15, -0.1) is 0 Å². The summed E-state index contributed by atoms with van der Waals surface area (Å²) in [4.78, 5) is 28.1. The SMILES string of the molecule is CC1(P(O)O)C=CC=C([N+](=O)[O-])C=C1. The maximum atomic E-state index is 10.4. The molecule has 0 aliphatic heterocycles. The molecule has 76 valence electrons. The maximum Gasteiger partial charge on any atom is 0.269 e. The second kappa shape index (κ2) is 4.00. The summed E-state index contributed by atoms with van der Waals surface area (Å²) < 4.78 is 0. The molecular formula is C8H10NO4P. The first-order valence-electron chi connectivity index (χ1n) is 3.87. The minimum absolute atomic E-state index is 0.0678. The van der Waals surface area contributed by atoms with Crippen molar-refractivity contribution in [2.24, 2.45) is 0 Å². The van der Waals surface area contributed by atoms with E-state index in [0.717, 1.165) is 0 Å². The third kappa shape index (κ3) is 2.26. The molecule has 5 nitrogen and oxygen atoms in total. The molecule has 0 radical (unpaired) electrons. The Kier molecular flexibility index (Phi) is 3.16. The van der Waals surface area contributed by atoms with Crippen molar-refractivity contribution in [3.8, 4) is 0 Å². The molecule has 1 aliphatic carbocycles. The number of allylic oxidation sites excluding steroid dienone is 5. The van der Waals surface area contributed by atoms with Gasteiger partial charge in [-0.2, -0.15) is 0 Å². The topological polar surface area (TPSA) is 83.6 Å². The van der Waals surface area contributed by atoms with Gasteiger partial charge in [0, 0.05) is 12.2 Å². The van der Waals surface area contributed by atoms with Gasteiger partial charge in [-0.1, -0.05) is 18.2 Å². The molecule has 1 atom stereocenters. The summed E-state index contributed by atoms with van der Waals surface area (Å²) in [6.07, 6.45) is 7.02. The summed E-state index contributed by atoms with van der Waals surface area (Å²) in [5, 5.41) is 9.51. The molecule has 14 heavy (non-hydrogen) atoms. The number of nitrogens with zero attached hydrogens (tertiary/aromatic N) is 1. The van der Waals surface area contributed by atoms with Crippen LogP contribution in [-0.2, 0) is 0 Å². The Balaban J connectivity index is 2.98. The molecule has 0 heterocycles. The molecule has 6 heteroatoms. The third-order valence-corrected chi connectivity index (χ3v) is 3.09. The molecule has 0 aromatic heterocycles. The summed E-state index contributed by atoms with van der Waals surface area (Å²) >= 11 is 0. The van der Waals surface area contributed by atoms with Gasteiger partial charge in [0.25, 0.3) is 5.70 Å². The van der Waals surface area contributed by atoms with E-state index in [-0.39, 0.29) is 5.70 Å². The van der Waals surface area contributed by atoms with Gasteiger partial charge in [-0.25, -0.2) is 0 Å². The fraction of sp³-hybridized carbons (Fsp3) is 0.250. The minimum atomic E-state index is -2.19. The molecule has 0 saturated heterocycles. The van der Waals surface area contributed by atoms with Crippen molar-refractivity contribution in [2.45, 2.75) is 12.1 Å². The van der Waals surface area contributed by atoms with Crippen LogP contribution in [0.3, 0.4) is 0 Å². The normalized spacial score (nSPS) is 26.1. The van der Waals surface area contributed by atoms with Crippen LogP contribution < -0.4 is 0 Å². The van der Waals surface area contributed by atoms with Crippen molar-refractivity contribution in [1.29, 1.82) is 0 Å². The Morgan fingerprint density at radius 3 is 2.64 bits per heavy atom. The fourth-order valence-electron chi connectivity index (χ4n) is 0.962. The zero-order chi connectivity index (χ0) is 10.8. The van der Waals surface area contributed by atoms with Gasteiger partial charge in [0.2, 0.25) is 0 Å². The molecule has 0 aromatic rings. The van der Waals surface area contributed by atoms with E-state index < -0.39 is 18.5 Å². The molecular weight excluding hydrogens is 205 g/mol. The van der Waals surface area contributed by atoms with Crippen molar-refractivity contribution in [1.82, 2.24) is 0 Å². The van der Waals surface area contributed by atoms with E-state index in [4.69, 9.17) is 9.79 Å². The second-order valence-electron chi connectivity index (χ2n) is 3.06. The lowest BCUT2D eigenvalue weighted by Crippen LogP contribution is -2.14. The third-order valence-electron chi connectivity index (χ3n) is 1.93. The zero-order valence-electron chi connectivity index (χ0n) is 7.49. The first-order valence-corrected chi connectivity index (χ1v) is 5.11. The summed E-state index contributed by atoms with van der Waals surface area (Å²) in [5.74, 6) is 0. The van der Waals surface area contributed by atoms with E-state index >= 15 is 0 Å². The molecule has 1 unspecified atom stereocenters. The Morgan fingerprint density at radius 2 is 2.14 bits per heavy atom. The average Bonchev–Trinajstić information content (AvgIpc) is 2.28. The van der Waals surface area contributed by atoms with Crippen LogP contribution in [0.4, 0.5) is 0 Å². The van der Waals surface area contributed by atoms with Crippen molar-refractivity contribution in [2.75, 3.05) is 0 Å². The average molecular weight is 215 g/mol. The Labute approximate surface area is 82.1 Å². The maximum absolute atomic E-state index is 10.4. The molecule has 0 spiro atoms. The van der Waals surface area contributed by atoms with Crippen LogP contribution in [0.15, 0.2) is 36.1 Å². The van der Waals surface area contributed by atoms with Gasteiger partial charge < -0.3 is 9.79 Å². The zero-order valence-corrected chi connectivity index (χ0v) is 8.39. The van der Waals surface area contributed by atoms with Gasteiger partial charge in [0.05, 0.1) is 10.1 Å². The Bertz CT molecular complexity index is 334. The number of nitro groups is 1. The molecule has 1 rings (SSSR count). The molecule has 0 aromatic carbocycles. The van der Waals surface area contributed by atoms with E-state index in [9.17, 15) is 10.1 Å². The number of rotatable bonds is 2. The highest BCUT2D eigenvalue weighted by Gasteiger charge is 2.28. The summed E-state index contributed by atoms with van der Waals surface area (Å²) in [7, 11) is -2.19. The summed E-state index contributed by atoms with van der Waals surface area (Å²) in [6, 6.07) is 0. The number of hydrogen-bond donors (Lipinski definition) is 2. The molecule has 0 saturated carbocycles. The van der Waals surface area contributed by atoms with Crippen LogP contribution in [0, 0.1) is 10.1 Å². The first kappa shape index (κ1) is 11.0. The van der Waals surface area contributed by atoms with Crippen LogP contribution in [0.25, 0.3) is 0 Å². The van der Waals surface area contributed by atoms with E-state index in [1.807, 2.05) is 0 Å². The first-order chi connectivity index (χ1) is 6.46. The molecule has 0 fully saturated rings. The second-order valence-corrected chi connectivity index (χ2v) is 4.60. The highest BCUT2D eigenvalue weighted by molar-refractivity contribution is 7.47. The number of hydrogen-bond acceptors (Lipinski definition) is 4. The predicted octanol–water partition coefficient (Wildman–Crippen LogP) is 1.33. The molecule has 0 amide bonds. The molecule has 1 aliphatic rings. The molecule has 0 bridgehead atoms. The lowest BCUT2D eigenvalue weighted by atomic mass is 10.1. The largest absolute Gasteiger partial charge is 0.349 e. The van der Waals surface area contributed by atoms with Crippen LogP contribution in [0.1, 0.15) is 6.92 Å². The van der Waals surface area contributed by atoms with Crippen LogP contribution in [0.2, 0.25) is 0 Å². The standard InChI is InChI=1S/C8H10NO4P/c1-8(14(12)13)5-2-3-7(4-6-8)9(10)11/h2-6,12-13H,1H3. The van der Waals surface area contributed by atoms with Gasteiger partial charge >= 0.3 is 0 Å². The van der Waals surface area contributed by atoms with Crippen molar-refractivity contribution in [3.63, 3.8) is 0 Å². The van der Waals surface area contributed by atoms with Gasteiger partial charge in [-0.05, 0) is 6.92 Å². The Morgan fingerprint density at radius 1 is 1.50 bits per heavy atom. The quantitative estimate of drug-likeness (QED) is 0.413. The monoisotopic (exact) mass is 215 g/mol. The molecule has 2 N–H and O–H groups in total. The summed E-state index contributed by atoms with van der Waals surface area (Å²) in [6.45, 7) is 1.60. The lowest BCUT2D eigenvalue weighted by molar-refractivity contribution is -0.419. The smallest absolute Gasteiger partial charge is 0.269 e. The highest BCUT2D eigenvalue weighted by Crippen LogP contribution is 2.44. The highest BCUT2D eigenvalue weighted by atomic mass is 31.2. The van der Waals surface area contributed by atoms with Gasteiger partial charge in [0.15, 0.2) is 8.38 Å². The van der Waals surface area contributed by atoms with Crippen LogP contribution >= 0.6 is 8.38 Å². The minimum Gasteiger partial charge on any atom is -0.349 e. The van der Waals surface area contributed by atoms with Crippen molar-refractivity contribution >= 4 is 8.38 Å². The Hall–Kier alpha value is -1.03. The van der Waals surface area contributed by atoms with Crippen LogP contribution in [0.5, 0.6) is 0 Å². The fourth-order valence-corrected chi connectivity index (χ4v) is 1.39. The van der Waals surface area contributed by atoms with Gasteiger partial charge in [-0.3, -0.25) is 10.1 Å². The van der Waals surface area contributed by atoms with E-state index in [1.54, 1.807) is 6.92 Å². The summed E-state index contributed by atoms with van der Waals surface area (Å²) in [5.41, 5.74) is -0.0678. The van der Waals surface area contributed by atoms with Gasteiger partial charge in [0.1, 0.15) is 0 Å². The van der Waals surface area contributed by atoms with Crippen LogP contribution in [-0.4, -0.2) is 19.9 Å². The predicted molar refractivity (Wildman–Crippen MR) is 53.1 cm³/mol. The van der Waals surface area contributed by atoms with Crippen molar-refractivity contribution < 1.29 is 14.7 Å². The lowest BCUT2D eigenvalue weighted by Gasteiger charge is -2.21. The van der Waals surface area contributed by atoms with E-state index in [0.29, 0.717) is 0 Å². The van der Waals surface area contributed by atoms with E-state index in [2.05, 4.69) is 0 Å². The van der Waals surface area contributed by atoms with E-state index in [1.165, 1.54) is 30.4 Å². The van der Waals surface area contributed by atoms with Crippen molar-refractivity contribution in [3.05, 3.63) is 46.2 Å².